The Morgan fingerprint density at radius 3 is 3.06 bits per heavy atom. The molecule has 1 atom stereocenters. The van der Waals surface area contributed by atoms with E-state index < -0.39 is 0 Å². The van der Waals surface area contributed by atoms with Gasteiger partial charge in [0.1, 0.15) is 0 Å². The Hall–Kier alpha value is -1.53. The number of hydrogen-bond donors (Lipinski definition) is 1. The summed E-state index contributed by atoms with van der Waals surface area (Å²) in [5.74, 6) is 0. The Kier molecular flexibility index (Phi) is 4.22. The molecule has 1 aliphatic heterocycles. The summed E-state index contributed by atoms with van der Waals surface area (Å²) in [5.41, 5.74) is 4.15. The second-order valence-electron chi connectivity index (χ2n) is 4.98. The third-order valence-electron chi connectivity index (χ3n) is 3.64. The summed E-state index contributed by atoms with van der Waals surface area (Å²) in [6.45, 7) is 4.21. The Morgan fingerprint density at radius 2 is 2.33 bits per heavy atom. The van der Waals surface area contributed by atoms with E-state index in [1.165, 1.54) is 29.7 Å². The molecule has 0 bridgehead atoms. The van der Waals surface area contributed by atoms with Crippen LogP contribution in [0.3, 0.4) is 0 Å². The van der Waals surface area contributed by atoms with Crippen LogP contribution >= 0.6 is 0 Å². The van der Waals surface area contributed by atoms with Crippen molar-refractivity contribution in [1.82, 2.24) is 5.32 Å². The van der Waals surface area contributed by atoms with Gasteiger partial charge in [-0.1, -0.05) is 17.7 Å². The Labute approximate surface area is 109 Å². The van der Waals surface area contributed by atoms with E-state index in [0.717, 1.165) is 19.5 Å². The van der Waals surface area contributed by atoms with Crippen LogP contribution in [0, 0.1) is 18.3 Å². The fourth-order valence-corrected chi connectivity index (χ4v) is 2.59. The molecule has 1 N–H and O–H groups in total. The van der Waals surface area contributed by atoms with Gasteiger partial charge in [-0.2, -0.15) is 5.26 Å². The van der Waals surface area contributed by atoms with Crippen LogP contribution < -0.4 is 10.2 Å². The molecular weight excluding hydrogens is 222 g/mol. The number of nitrogens with zero attached hydrogens (tertiary/aromatic N) is 2. The second kappa shape index (κ2) is 5.88. The van der Waals surface area contributed by atoms with Gasteiger partial charge in [0.25, 0.3) is 0 Å². The number of rotatable bonds is 4. The number of anilines is 1. The number of nitriles is 1. The summed E-state index contributed by atoms with van der Waals surface area (Å²) in [6.07, 6.45) is 3.27. The first kappa shape index (κ1) is 12.9. The van der Waals surface area contributed by atoms with Gasteiger partial charge in [-0.25, -0.2) is 0 Å². The van der Waals surface area contributed by atoms with Crippen molar-refractivity contribution in [3.63, 3.8) is 0 Å². The molecule has 0 aliphatic carbocycles. The van der Waals surface area contributed by atoms with Crippen molar-refractivity contribution in [2.45, 2.75) is 32.2 Å². The van der Waals surface area contributed by atoms with Gasteiger partial charge in [0.2, 0.25) is 0 Å². The molecule has 0 spiro atoms. The zero-order chi connectivity index (χ0) is 13.0. The number of fused-ring (bicyclic) bond motifs is 1. The minimum Gasteiger partial charge on any atom is -0.371 e. The molecule has 1 aromatic rings. The Bertz CT molecular complexity index is 448. The zero-order valence-corrected chi connectivity index (χ0v) is 11.2. The van der Waals surface area contributed by atoms with E-state index in [2.05, 4.69) is 41.4 Å². The third-order valence-corrected chi connectivity index (χ3v) is 3.64. The van der Waals surface area contributed by atoms with E-state index >= 15 is 0 Å². The van der Waals surface area contributed by atoms with Crippen molar-refractivity contribution < 1.29 is 0 Å². The molecule has 1 aromatic carbocycles. The molecule has 18 heavy (non-hydrogen) atoms. The maximum Gasteiger partial charge on any atom is 0.0967 e. The molecule has 0 aromatic heterocycles. The first-order valence-corrected chi connectivity index (χ1v) is 6.66. The average Bonchev–Trinajstić information content (AvgIpc) is 2.39. The number of aryl methyl sites for hydroxylation is 2. The number of nitrogens with one attached hydrogen (secondary N) is 1. The average molecular weight is 243 g/mol. The minimum absolute atomic E-state index is 0.0409. The monoisotopic (exact) mass is 243 g/mol. The van der Waals surface area contributed by atoms with E-state index in [-0.39, 0.29) is 6.04 Å². The van der Waals surface area contributed by atoms with Crippen LogP contribution in [-0.2, 0) is 6.42 Å². The highest BCUT2D eigenvalue weighted by atomic mass is 15.1. The fraction of sp³-hybridized carbons (Fsp3) is 0.533. The second-order valence-corrected chi connectivity index (χ2v) is 4.98. The summed E-state index contributed by atoms with van der Waals surface area (Å²) in [6, 6.07) is 8.94. The summed E-state index contributed by atoms with van der Waals surface area (Å²) in [4.78, 5) is 2.42. The number of benzene rings is 1. The van der Waals surface area contributed by atoms with Gasteiger partial charge >= 0.3 is 0 Å². The van der Waals surface area contributed by atoms with E-state index in [0.29, 0.717) is 0 Å². The smallest absolute Gasteiger partial charge is 0.0967 e. The van der Waals surface area contributed by atoms with Gasteiger partial charge in [0.15, 0.2) is 0 Å². The van der Waals surface area contributed by atoms with Gasteiger partial charge in [-0.3, -0.25) is 0 Å². The molecule has 1 heterocycles. The Balaban J connectivity index is 2.06. The molecular formula is C15H21N3. The summed E-state index contributed by atoms with van der Waals surface area (Å²) >= 11 is 0. The molecule has 0 amide bonds. The van der Waals surface area contributed by atoms with Crippen molar-refractivity contribution in [3.05, 3.63) is 29.3 Å². The van der Waals surface area contributed by atoms with Gasteiger partial charge in [0.05, 0.1) is 12.1 Å². The SMILES string of the molecule is CNC(C#N)CCN1CCCc2cc(C)ccc21. The predicted octanol–water partition coefficient (Wildman–Crippen LogP) is 2.25. The van der Waals surface area contributed by atoms with Gasteiger partial charge < -0.3 is 10.2 Å². The van der Waals surface area contributed by atoms with Crippen LogP contribution in [0.1, 0.15) is 24.0 Å². The topological polar surface area (TPSA) is 39.1 Å². The van der Waals surface area contributed by atoms with Crippen LogP contribution in [0.15, 0.2) is 18.2 Å². The van der Waals surface area contributed by atoms with Crippen LogP contribution in [0.4, 0.5) is 5.69 Å². The lowest BCUT2D eigenvalue weighted by molar-refractivity contribution is 0.591. The first-order chi connectivity index (χ1) is 8.74. The largest absolute Gasteiger partial charge is 0.371 e. The van der Waals surface area contributed by atoms with Crippen LogP contribution in [-0.4, -0.2) is 26.2 Å². The van der Waals surface area contributed by atoms with Gasteiger partial charge in [0, 0.05) is 18.8 Å². The molecule has 96 valence electrons. The highest BCUT2D eigenvalue weighted by molar-refractivity contribution is 5.56. The maximum absolute atomic E-state index is 8.96. The first-order valence-electron chi connectivity index (χ1n) is 6.66. The maximum atomic E-state index is 8.96. The van der Waals surface area contributed by atoms with Crippen LogP contribution in [0.25, 0.3) is 0 Å². The lowest BCUT2D eigenvalue weighted by Crippen LogP contribution is -2.34. The van der Waals surface area contributed by atoms with E-state index in [9.17, 15) is 0 Å². The molecule has 1 unspecified atom stereocenters. The quantitative estimate of drug-likeness (QED) is 0.881. The molecule has 2 rings (SSSR count). The van der Waals surface area contributed by atoms with Crippen molar-refractivity contribution in [2.75, 3.05) is 25.0 Å². The van der Waals surface area contributed by atoms with Gasteiger partial charge in [-0.05, 0) is 44.9 Å². The van der Waals surface area contributed by atoms with Gasteiger partial charge in [-0.15, -0.1) is 0 Å². The molecule has 3 heteroatoms. The van der Waals surface area contributed by atoms with Crippen LogP contribution in [0.5, 0.6) is 0 Å². The van der Waals surface area contributed by atoms with Crippen molar-refractivity contribution in [1.29, 1.82) is 5.26 Å². The third kappa shape index (κ3) is 2.83. The van der Waals surface area contributed by atoms with E-state index in [1.54, 1.807) is 0 Å². The van der Waals surface area contributed by atoms with Crippen molar-refractivity contribution in [3.8, 4) is 6.07 Å². The molecule has 0 radical (unpaired) electrons. The lowest BCUT2D eigenvalue weighted by Gasteiger charge is -2.32. The standard InChI is InChI=1S/C15H21N3/c1-12-5-6-15-13(10-12)4-3-8-18(15)9-7-14(11-16)17-2/h5-6,10,14,17H,3-4,7-9H2,1-2H3. The summed E-state index contributed by atoms with van der Waals surface area (Å²) in [7, 11) is 1.85. The van der Waals surface area contributed by atoms with Crippen molar-refractivity contribution >= 4 is 5.69 Å². The predicted molar refractivity (Wildman–Crippen MR) is 74.8 cm³/mol. The zero-order valence-electron chi connectivity index (χ0n) is 11.2. The Morgan fingerprint density at radius 1 is 1.50 bits per heavy atom. The highest BCUT2D eigenvalue weighted by Gasteiger charge is 2.17. The molecule has 3 nitrogen and oxygen atoms in total. The van der Waals surface area contributed by atoms with E-state index in [4.69, 9.17) is 5.26 Å². The van der Waals surface area contributed by atoms with Crippen LogP contribution in [0.2, 0.25) is 0 Å². The lowest BCUT2D eigenvalue weighted by atomic mass is 9.99. The summed E-state index contributed by atoms with van der Waals surface area (Å²) in [5, 5.41) is 12.0. The number of hydrogen-bond acceptors (Lipinski definition) is 3. The molecule has 0 fully saturated rings. The van der Waals surface area contributed by atoms with Crippen molar-refractivity contribution in [2.24, 2.45) is 0 Å². The van der Waals surface area contributed by atoms with E-state index in [1.807, 2.05) is 7.05 Å². The molecule has 0 saturated heterocycles. The molecule has 0 saturated carbocycles. The fourth-order valence-electron chi connectivity index (χ4n) is 2.59. The minimum atomic E-state index is -0.0409. The summed E-state index contributed by atoms with van der Waals surface area (Å²) < 4.78 is 0. The normalized spacial score (nSPS) is 15.9. The molecule has 1 aliphatic rings. The highest BCUT2D eigenvalue weighted by Crippen LogP contribution is 2.28.